The Hall–Kier alpha value is -1.66. The normalized spacial score (nSPS) is 9.21. The molecular formula is C10H6ClNO2. The van der Waals surface area contributed by atoms with E-state index in [1.165, 1.54) is 19.1 Å². The molecule has 0 saturated heterocycles. The Labute approximate surface area is 85.9 Å². The lowest BCUT2D eigenvalue weighted by Crippen LogP contribution is -2.03. The van der Waals surface area contributed by atoms with E-state index in [0.29, 0.717) is 6.29 Å². The molecule has 0 heterocycles. The van der Waals surface area contributed by atoms with Gasteiger partial charge in [0.15, 0.2) is 12.1 Å². The molecule has 0 amide bonds. The van der Waals surface area contributed by atoms with Crippen LogP contribution in [-0.2, 0) is 0 Å². The Morgan fingerprint density at radius 2 is 2.21 bits per heavy atom. The molecule has 0 bridgehead atoms. The zero-order valence-corrected chi connectivity index (χ0v) is 8.13. The molecule has 14 heavy (non-hydrogen) atoms. The molecule has 0 radical (unpaired) electrons. The Bertz CT molecular complexity index is 446. The average molecular weight is 208 g/mol. The lowest BCUT2D eigenvalue weighted by atomic mass is 9.99. The van der Waals surface area contributed by atoms with Crippen molar-refractivity contribution in [1.82, 2.24) is 0 Å². The first kappa shape index (κ1) is 10.4. The van der Waals surface area contributed by atoms with Gasteiger partial charge in [-0.1, -0.05) is 11.6 Å². The first-order chi connectivity index (χ1) is 6.61. The topological polar surface area (TPSA) is 57.9 Å². The van der Waals surface area contributed by atoms with Crippen molar-refractivity contribution < 1.29 is 9.59 Å². The summed E-state index contributed by atoms with van der Waals surface area (Å²) in [5.74, 6) is -0.342. The van der Waals surface area contributed by atoms with Crippen LogP contribution < -0.4 is 0 Å². The second kappa shape index (κ2) is 4.03. The monoisotopic (exact) mass is 207 g/mol. The van der Waals surface area contributed by atoms with Gasteiger partial charge in [0.25, 0.3) is 0 Å². The molecule has 0 atom stereocenters. The summed E-state index contributed by atoms with van der Waals surface area (Å²) in [4.78, 5) is 21.9. The minimum absolute atomic E-state index is 0.0817. The van der Waals surface area contributed by atoms with E-state index in [2.05, 4.69) is 0 Å². The van der Waals surface area contributed by atoms with Crippen LogP contribution in [0, 0.1) is 11.3 Å². The zero-order valence-electron chi connectivity index (χ0n) is 7.37. The van der Waals surface area contributed by atoms with E-state index in [1.54, 1.807) is 0 Å². The fourth-order valence-electron chi connectivity index (χ4n) is 1.18. The molecule has 0 spiro atoms. The number of nitriles is 1. The quantitative estimate of drug-likeness (QED) is 0.552. The van der Waals surface area contributed by atoms with Crippen LogP contribution in [0.2, 0.25) is 5.02 Å². The molecule has 0 aliphatic rings. The second-order valence-corrected chi connectivity index (χ2v) is 3.08. The maximum atomic E-state index is 11.2. The average Bonchev–Trinajstić information content (AvgIpc) is 2.17. The predicted molar refractivity (Wildman–Crippen MR) is 51.6 cm³/mol. The number of rotatable bonds is 2. The Kier molecular flexibility index (Phi) is 3.00. The fraction of sp³-hybridized carbons (Fsp3) is 0.100. The molecule has 1 aromatic rings. The fourth-order valence-corrected chi connectivity index (χ4v) is 1.38. The van der Waals surface area contributed by atoms with Crippen LogP contribution in [0.3, 0.4) is 0 Å². The van der Waals surface area contributed by atoms with Gasteiger partial charge >= 0.3 is 0 Å². The van der Waals surface area contributed by atoms with Gasteiger partial charge in [0, 0.05) is 11.1 Å². The highest BCUT2D eigenvalue weighted by Gasteiger charge is 2.15. The van der Waals surface area contributed by atoms with Crippen LogP contribution in [0.15, 0.2) is 12.1 Å². The summed E-state index contributed by atoms with van der Waals surface area (Å²) in [5.41, 5.74) is 0.345. The lowest BCUT2D eigenvalue weighted by Gasteiger charge is -2.04. The molecule has 0 saturated carbocycles. The molecule has 0 aromatic heterocycles. The summed E-state index contributed by atoms with van der Waals surface area (Å²) in [6, 6.07) is 4.69. The van der Waals surface area contributed by atoms with Crippen molar-refractivity contribution in [2.24, 2.45) is 0 Å². The van der Waals surface area contributed by atoms with Crippen LogP contribution in [0.5, 0.6) is 0 Å². The van der Waals surface area contributed by atoms with Crippen molar-refractivity contribution in [3.8, 4) is 6.07 Å². The van der Waals surface area contributed by atoms with Gasteiger partial charge in [0.05, 0.1) is 16.7 Å². The number of halogens is 1. The smallest absolute Gasteiger partial charge is 0.161 e. The van der Waals surface area contributed by atoms with E-state index in [-0.39, 0.29) is 27.5 Å². The summed E-state index contributed by atoms with van der Waals surface area (Å²) < 4.78 is 0. The number of carbonyl (C=O) groups excluding carboxylic acids is 2. The maximum Gasteiger partial charge on any atom is 0.161 e. The van der Waals surface area contributed by atoms with E-state index in [4.69, 9.17) is 16.9 Å². The van der Waals surface area contributed by atoms with Gasteiger partial charge in [-0.15, -0.1) is 0 Å². The number of nitrogens with zero attached hydrogens (tertiary/aromatic N) is 1. The molecule has 0 aliphatic carbocycles. The Morgan fingerprint density at radius 1 is 1.57 bits per heavy atom. The molecule has 0 unspecified atom stereocenters. The van der Waals surface area contributed by atoms with Crippen molar-refractivity contribution in [2.75, 3.05) is 0 Å². The van der Waals surface area contributed by atoms with Crippen molar-refractivity contribution in [1.29, 1.82) is 5.26 Å². The molecule has 1 aromatic carbocycles. The van der Waals surface area contributed by atoms with E-state index in [9.17, 15) is 9.59 Å². The van der Waals surface area contributed by atoms with Crippen LogP contribution in [0.25, 0.3) is 0 Å². The third-order valence-corrected chi connectivity index (χ3v) is 2.11. The number of carbonyl (C=O) groups is 2. The molecule has 70 valence electrons. The van der Waals surface area contributed by atoms with E-state index < -0.39 is 0 Å². The van der Waals surface area contributed by atoms with E-state index in [0.717, 1.165) is 0 Å². The molecule has 4 heteroatoms. The number of hydrogen-bond donors (Lipinski definition) is 0. The minimum Gasteiger partial charge on any atom is -0.298 e. The van der Waals surface area contributed by atoms with Gasteiger partial charge in [0.1, 0.15) is 0 Å². The van der Waals surface area contributed by atoms with Crippen LogP contribution in [0.1, 0.15) is 33.2 Å². The number of Topliss-reactive ketones (excluding diaryl/α,β-unsaturated/α-hetero) is 1. The first-order valence-electron chi connectivity index (χ1n) is 3.80. The van der Waals surface area contributed by atoms with Gasteiger partial charge in [-0.3, -0.25) is 9.59 Å². The molecule has 0 fully saturated rings. The maximum absolute atomic E-state index is 11.2. The summed E-state index contributed by atoms with van der Waals surface area (Å²) in [6.07, 6.45) is 0.486. The van der Waals surface area contributed by atoms with Crippen molar-refractivity contribution >= 4 is 23.7 Å². The van der Waals surface area contributed by atoms with Crippen LogP contribution in [-0.4, -0.2) is 12.1 Å². The molecular weight excluding hydrogens is 202 g/mol. The van der Waals surface area contributed by atoms with Crippen molar-refractivity contribution in [3.05, 3.63) is 33.8 Å². The first-order valence-corrected chi connectivity index (χ1v) is 4.18. The number of ketones is 1. The minimum atomic E-state index is -0.342. The van der Waals surface area contributed by atoms with Crippen molar-refractivity contribution in [2.45, 2.75) is 6.92 Å². The number of aldehydes is 1. The van der Waals surface area contributed by atoms with Gasteiger partial charge in [-0.25, -0.2) is 0 Å². The Balaban J connectivity index is 3.62. The highest BCUT2D eigenvalue weighted by Crippen LogP contribution is 2.22. The third-order valence-electron chi connectivity index (χ3n) is 1.78. The lowest BCUT2D eigenvalue weighted by molar-refractivity contribution is 0.100. The third kappa shape index (κ3) is 1.66. The van der Waals surface area contributed by atoms with Crippen molar-refractivity contribution in [3.63, 3.8) is 0 Å². The highest BCUT2D eigenvalue weighted by atomic mass is 35.5. The van der Waals surface area contributed by atoms with Crippen LogP contribution >= 0.6 is 11.6 Å². The van der Waals surface area contributed by atoms with Gasteiger partial charge in [-0.2, -0.15) is 5.26 Å². The summed E-state index contributed by atoms with van der Waals surface area (Å²) in [6.45, 7) is 1.29. The number of hydrogen-bond acceptors (Lipinski definition) is 3. The number of benzene rings is 1. The summed E-state index contributed by atoms with van der Waals surface area (Å²) in [7, 11) is 0. The van der Waals surface area contributed by atoms with Gasteiger partial charge < -0.3 is 0 Å². The van der Waals surface area contributed by atoms with Gasteiger partial charge in [0.2, 0.25) is 0 Å². The predicted octanol–water partition coefficient (Wildman–Crippen LogP) is 2.23. The largest absolute Gasteiger partial charge is 0.298 e. The van der Waals surface area contributed by atoms with Gasteiger partial charge in [-0.05, 0) is 19.1 Å². The molecule has 0 N–H and O–H groups in total. The summed E-state index contributed by atoms with van der Waals surface area (Å²) in [5, 5.41) is 8.90. The highest BCUT2D eigenvalue weighted by molar-refractivity contribution is 6.34. The molecule has 0 aliphatic heterocycles. The SMILES string of the molecule is CC(=O)c1c(C#N)ccc(Cl)c1C=O. The molecule has 3 nitrogen and oxygen atoms in total. The van der Waals surface area contributed by atoms with E-state index >= 15 is 0 Å². The Morgan fingerprint density at radius 3 is 2.64 bits per heavy atom. The standard InChI is InChI=1S/C10H6ClNO2/c1-6(14)10-7(4-12)2-3-9(11)8(10)5-13/h2-3,5H,1H3. The molecule has 1 rings (SSSR count). The second-order valence-electron chi connectivity index (χ2n) is 2.67. The van der Waals surface area contributed by atoms with E-state index in [1.807, 2.05) is 6.07 Å². The zero-order chi connectivity index (χ0) is 10.7. The summed E-state index contributed by atoms with van der Waals surface area (Å²) >= 11 is 5.71. The van der Waals surface area contributed by atoms with Crippen LogP contribution in [0.4, 0.5) is 0 Å².